The molecule has 4 heteroatoms. The van der Waals surface area contributed by atoms with Crippen molar-refractivity contribution in [1.29, 1.82) is 0 Å². The second-order valence-electron chi connectivity index (χ2n) is 4.85. The van der Waals surface area contributed by atoms with Gasteiger partial charge in [0, 0.05) is 32.0 Å². The van der Waals surface area contributed by atoms with E-state index < -0.39 is 0 Å². The molecule has 0 aliphatic carbocycles. The maximum Gasteiger partial charge on any atom is 0.0766 e. The van der Waals surface area contributed by atoms with Crippen LogP contribution in [-0.4, -0.2) is 29.0 Å². The summed E-state index contributed by atoms with van der Waals surface area (Å²) in [5.74, 6) is 0. The minimum absolute atomic E-state index is 0.565. The van der Waals surface area contributed by atoms with Gasteiger partial charge in [-0.25, -0.2) is 4.68 Å². The molecule has 2 aromatic rings. The molecule has 1 aromatic heterocycles. The summed E-state index contributed by atoms with van der Waals surface area (Å²) in [6.07, 6.45) is 4.20. The first-order valence-electron chi connectivity index (χ1n) is 6.83. The number of nitrogens with one attached hydrogen (secondary N) is 1. The summed E-state index contributed by atoms with van der Waals surface area (Å²) < 4.78 is 7.27. The summed E-state index contributed by atoms with van der Waals surface area (Å²) in [5, 5.41) is 8.13. The van der Waals surface area contributed by atoms with E-state index >= 15 is 0 Å². The highest BCUT2D eigenvalue weighted by Gasteiger charge is 2.13. The zero-order valence-electron chi connectivity index (χ0n) is 11.0. The molecule has 2 heterocycles. The summed E-state index contributed by atoms with van der Waals surface area (Å²) in [6.45, 7) is 2.57. The van der Waals surface area contributed by atoms with Crippen molar-refractivity contribution in [3.05, 3.63) is 48.3 Å². The molecule has 0 unspecified atom stereocenters. The lowest BCUT2D eigenvalue weighted by Crippen LogP contribution is -2.34. The van der Waals surface area contributed by atoms with Gasteiger partial charge in [0.2, 0.25) is 0 Å². The van der Waals surface area contributed by atoms with Gasteiger partial charge in [0.15, 0.2) is 0 Å². The molecule has 0 bridgehead atoms. The van der Waals surface area contributed by atoms with Gasteiger partial charge in [-0.3, -0.25) is 0 Å². The Morgan fingerprint density at radius 1 is 1.16 bits per heavy atom. The van der Waals surface area contributed by atoms with Gasteiger partial charge in [0.1, 0.15) is 0 Å². The minimum Gasteiger partial charge on any atom is -0.381 e. The molecule has 1 aliphatic heterocycles. The van der Waals surface area contributed by atoms with E-state index in [1.807, 2.05) is 29.1 Å². The smallest absolute Gasteiger partial charge is 0.0766 e. The van der Waals surface area contributed by atoms with Crippen LogP contribution in [0.1, 0.15) is 18.5 Å². The Morgan fingerprint density at radius 2 is 1.95 bits per heavy atom. The van der Waals surface area contributed by atoms with E-state index in [0.29, 0.717) is 6.04 Å². The second-order valence-corrected chi connectivity index (χ2v) is 4.85. The molecule has 19 heavy (non-hydrogen) atoms. The fourth-order valence-corrected chi connectivity index (χ4v) is 2.33. The first-order chi connectivity index (χ1) is 9.42. The molecule has 1 aliphatic rings. The average molecular weight is 257 g/mol. The maximum absolute atomic E-state index is 5.35. The summed E-state index contributed by atoms with van der Waals surface area (Å²) in [4.78, 5) is 0. The first-order valence-corrected chi connectivity index (χ1v) is 6.83. The first kappa shape index (κ1) is 12.4. The Kier molecular flexibility index (Phi) is 3.91. The third kappa shape index (κ3) is 3.22. The number of para-hydroxylation sites is 1. The Balaban J connectivity index is 1.59. The summed E-state index contributed by atoms with van der Waals surface area (Å²) in [7, 11) is 0. The van der Waals surface area contributed by atoms with Crippen LogP contribution in [0.15, 0.2) is 42.6 Å². The molecule has 0 saturated carbocycles. The molecule has 3 rings (SSSR count). The molecule has 0 spiro atoms. The summed E-state index contributed by atoms with van der Waals surface area (Å²) >= 11 is 0. The molecule has 1 saturated heterocycles. The number of hydrogen-bond acceptors (Lipinski definition) is 3. The highest BCUT2D eigenvalue weighted by atomic mass is 16.5. The van der Waals surface area contributed by atoms with Gasteiger partial charge in [-0.15, -0.1) is 0 Å². The molecular weight excluding hydrogens is 238 g/mol. The second kappa shape index (κ2) is 5.99. The van der Waals surface area contributed by atoms with Crippen LogP contribution in [0.25, 0.3) is 5.69 Å². The van der Waals surface area contributed by atoms with Gasteiger partial charge in [-0.1, -0.05) is 18.2 Å². The number of rotatable bonds is 4. The van der Waals surface area contributed by atoms with Crippen molar-refractivity contribution in [2.45, 2.75) is 25.4 Å². The number of benzene rings is 1. The Bertz CT molecular complexity index is 503. The van der Waals surface area contributed by atoms with Crippen molar-refractivity contribution in [3.63, 3.8) is 0 Å². The highest BCUT2D eigenvalue weighted by Crippen LogP contribution is 2.09. The third-order valence-corrected chi connectivity index (χ3v) is 3.46. The van der Waals surface area contributed by atoms with E-state index in [4.69, 9.17) is 4.74 Å². The number of ether oxygens (including phenoxy) is 1. The van der Waals surface area contributed by atoms with Crippen LogP contribution in [0, 0.1) is 0 Å². The van der Waals surface area contributed by atoms with E-state index in [1.165, 1.54) is 0 Å². The predicted molar refractivity (Wildman–Crippen MR) is 74.2 cm³/mol. The van der Waals surface area contributed by atoms with Crippen molar-refractivity contribution < 1.29 is 4.74 Å². The molecule has 4 nitrogen and oxygen atoms in total. The van der Waals surface area contributed by atoms with E-state index in [-0.39, 0.29) is 0 Å². The number of aromatic nitrogens is 2. The fraction of sp³-hybridized carbons (Fsp3) is 0.400. The SMILES string of the molecule is c1ccc(-n2ccc(CNC3CCOCC3)n2)cc1. The number of nitrogens with zero attached hydrogens (tertiary/aromatic N) is 2. The van der Waals surface area contributed by atoms with Crippen molar-refractivity contribution in [1.82, 2.24) is 15.1 Å². The highest BCUT2D eigenvalue weighted by molar-refractivity contribution is 5.30. The van der Waals surface area contributed by atoms with Crippen LogP contribution in [0.3, 0.4) is 0 Å². The molecule has 100 valence electrons. The molecule has 0 atom stereocenters. The molecule has 1 aromatic carbocycles. The lowest BCUT2D eigenvalue weighted by Gasteiger charge is -2.22. The largest absolute Gasteiger partial charge is 0.381 e. The van der Waals surface area contributed by atoms with Gasteiger partial charge in [-0.2, -0.15) is 5.10 Å². The van der Waals surface area contributed by atoms with Crippen molar-refractivity contribution >= 4 is 0 Å². The average Bonchev–Trinajstić information content (AvgIpc) is 2.96. The topological polar surface area (TPSA) is 39.1 Å². The molecule has 0 amide bonds. The van der Waals surface area contributed by atoms with Gasteiger partial charge in [0.05, 0.1) is 11.4 Å². The Labute approximate surface area is 113 Å². The Hall–Kier alpha value is -1.65. The van der Waals surface area contributed by atoms with E-state index in [2.05, 4.69) is 28.6 Å². The molecule has 1 N–H and O–H groups in total. The number of hydrogen-bond donors (Lipinski definition) is 1. The third-order valence-electron chi connectivity index (χ3n) is 3.46. The monoisotopic (exact) mass is 257 g/mol. The predicted octanol–water partition coefficient (Wildman–Crippen LogP) is 2.14. The zero-order chi connectivity index (χ0) is 12.9. The van der Waals surface area contributed by atoms with Crippen molar-refractivity contribution in [3.8, 4) is 5.69 Å². The Morgan fingerprint density at radius 3 is 2.74 bits per heavy atom. The van der Waals surface area contributed by atoms with Crippen LogP contribution in [-0.2, 0) is 11.3 Å². The lowest BCUT2D eigenvalue weighted by molar-refractivity contribution is 0.0775. The molecular formula is C15H19N3O. The molecule has 0 radical (unpaired) electrons. The molecule has 1 fully saturated rings. The van der Waals surface area contributed by atoms with Crippen LogP contribution in [0.4, 0.5) is 0 Å². The van der Waals surface area contributed by atoms with Crippen LogP contribution in [0.2, 0.25) is 0 Å². The summed E-state index contributed by atoms with van der Waals surface area (Å²) in [6, 6.07) is 12.8. The van der Waals surface area contributed by atoms with Crippen LogP contribution < -0.4 is 5.32 Å². The summed E-state index contributed by atoms with van der Waals surface area (Å²) in [5.41, 5.74) is 2.18. The van der Waals surface area contributed by atoms with Gasteiger partial charge < -0.3 is 10.1 Å². The van der Waals surface area contributed by atoms with Crippen molar-refractivity contribution in [2.24, 2.45) is 0 Å². The van der Waals surface area contributed by atoms with Gasteiger partial charge in [0.25, 0.3) is 0 Å². The maximum atomic E-state index is 5.35. The normalized spacial score (nSPS) is 16.6. The van der Waals surface area contributed by atoms with Gasteiger partial charge in [-0.05, 0) is 31.0 Å². The zero-order valence-corrected chi connectivity index (χ0v) is 11.0. The standard InChI is InChI=1S/C15H19N3O/c1-2-4-15(5-3-1)18-9-6-14(17-18)12-16-13-7-10-19-11-8-13/h1-6,9,13,16H,7-8,10-12H2. The van der Waals surface area contributed by atoms with Crippen molar-refractivity contribution in [2.75, 3.05) is 13.2 Å². The minimum atomic E-state index is 0.565. The van der Waals surface area contributed by atoms with Crippen LogP contribution in [0.5, 0.6) is 0 Å². The van der Waals surface area contributed by atoms with E-state index in [9.17, 15) is 0 Å². The quantitative estimate of drug-likeness (QED) is 0.912. The fourth-order valence-electron chi connectivity index (χ4n) is 2.33. The van der Waals surface area contributed by atoms with E-state index in [1.54, 1.807) is 0 Å². The lowest BCUT2D eigenvalue weighted by atomic mass is 10.1. The van der Waals surface area contributed by atoms with Crippen LogP contribution >= 0.6 is 0 Å². The van der Waals surface area contributed by atoms with Gasteiger partial charge >= 0.3 is 0 Å². The van der Waals surface area contributed by atoms with E-state index in [0.717, 1.165) is 44.0 Å².